The molecule has 2 aromatic rings. The van der Waals surface area contributed by atoms with Crippen LogP contribution in [0.3, 0.4) is 0 Å². The molecule has 3 rings (SSSR count). The van der Waals surface area contributed by atoms with Crippen molar-refractivity contribution < 1.29 is 8.42 Å². The maximum Gasteiger partial charge on any atom is 0.177 e. The third-order valence-electron chi connectivity index (χ3n) is 3.93. The minimum atomic E-state index is -3.26. The number of hydrogen-bond acceptors (Lipinski definition) is 4. The van der Waals surface area contributed by atoms with E-state index in [0.717, 1.165) is 24.3 Å². The number of benzene rings is 1. The van der Waals surface area contributed by atoms with Gasteiger partial charge in [-0.05, 0) is 31.5 Å². The fourth-order valence-corrected chi connectivity index (χ4v) is 3.72. The molecule has 5 nitrogen and oxygen atoms in total. The van der Waals surface area contributed by atoms with Crippen molar-refractivity contribution in [3.05, 3.63) is 24.0 Å². The Balaban J connectivity index is 2.19. The van der Waals surface area contributed by atoms with Crippen LogP contribution in [0.5, 0.6) is 0 Å². The molecular formula is C14H19N3O2S. The molecule has 1 unspecified atom stereocenters. The summed E-state index contributed by atoms with van der Waals surface area (Å²) < 4.78 is 25.8. The Morgan fingerprint density at radius 2 is 2.15 bits per heavy atom. The Morgan fingerprint density at radius 3 is 2.80 bits per heavy atom. The summed E-state index contributed by atoms with van der Waals surface area (Å²) in [5, 5.41) is 3.46. The summed E-state index contributed by atoms with van der Waals surface area (Å²) in [5.74, 6) is 0.927. The van der Waals surface area contributed by atoms with E-state index in [4.69, 9.17) is 0 Å². The van der Waals surface area contributed by atoms with Crippen LogP contribution in [0, 0.1) is 0 Å². The third kappa shape index (κ3) is 2.23. The van der Waals surface area contributed by atoms with Gasteiger partial charge in [0, 0.05) is 13.3 Å². The molecular weight excluding hydrogens is 274 g/mol. The van der Waals surface area contributed by atoms with Crippen molar-refractivity contribution in [3.63, 3.8) is 0 Å². The first-order valence-electron chi connectivity index (χ1n) is 6.87. The molecule has 1 saturated heterocycles. The number of imidazole rings is 1. The average molecular weight is 293 g/mol. The zero-order valence-corrected chi connectivity index (χ0v) is 12.6. The fraction of sp³-hybridized carbons (Fsp3) is 0.500. The lowest BCUT2D eigenvalue weighted by molar-refractivity contribution is 0.391. The van der Waals surface area contributed by atoms with Crippen molar-refractivity contribution in [2.24, 2.45) is 7.05 Å². The molecule has 1 aromatic heterocycles. The number of aryl methyl sites for hydroxylation is 1. The molecule has 1 aliphatic heterocycles. The van der Waals surface area contributed by atoms with Gasteiger partial charge in [0.25, 0.3) is 0 Å². The molecule has 0 saturated carbocycles. The van der Waals surface area contributed by atoms with E-state index in [1.54, 1.807) is 12.1 Å². The fourth-order valence-electron chi connectivity index (χ4n) is 2.89. The van der Waals surface area contributed by atoms with Crippen LogP contribution in [-0.4, -0.2) is 30.8 Å². The number of hydrogen-bond donors (Lipinski definition) is 1. The number of nitrogens with zero attached hydrogens (tertiary/aromatic N) is 2. The van der Waals surface area contributed by atoms with E-state index >= 15 is 0 Å². The van der Waals surface area contributed by atoms with E-state index in [2.05, 4.69) is 10.3 Å². The number of fused-ring (bicyclic) bond motifs is 1. The summed E-state index contributed by atoms with van der Waals surface area (Å²) in [6, 6.07) is 5.54. The first-order chi connectivity index (χ1) is 9.48. The van der Waals surface area contributed by atoms with Crippen molar-refractivity contribution in [1.82, 2.24) is 14.9 Å². The second-order valence-corrected chi connectivity index (χ2v) is 7.41. The highest BCUT2D eigenvalue weighted by Gasteiger charge is 2.23. The van der Waals surface area contributed by atoms with Crippen LogP contribution in [-0.2, 0) is 16.9 Å². The molecule has 1 N–H and O–H groups in total. The second kappa shape index (κ2) is 4.86. The summed E-state index contributed by atoms with van der Waals surface area (Å²) >= 11 is 0. The highest BCUT2D eigenvalue weighted by atomic mass is 32.2. The van der Waals surface area contributed by atoms with Gasteiger partial charge in [-0.1, -0.05) is 12.5 Å². The van der Waals surface area contributed by atoms with Gasteiger partial charge in [-0.2, -0.15) is 0 Å². The molecule has 1 fully saturated rings. The summed E-state index contributed by atoms with van der Waals surface area (Å²) in [6.07, 6.45) is 4.65. The molecule has 1 aromatic carbocycles. The standard InChI is InChI=1S/C14H19N3O2S/c1-17-11-7-5-8-12(20(2,18)19)13(11)16-14(17)10-6-3-4-9-15-10/h5,7-8,10,15H,3-4,6,9H2,1-2H3. The summed E-state index contributed by atoms with van der Waals surface area (Å²) in [4.78, 5) is 4.94. The molecule has 0 aliphatic carbocycles. The molecule has 0 bridgehead atoms. The highest BCUT2D eigenvalue weighted by Crippen LogP contribution is 2.28. The normalized spacial score (nSPS) is 20.4. The summed E-state index contributed by atoms with van der Waals surface area (Å²) in [6.45, 7) is 0.993. The zero-order valence-electron chi connectivity index (χ0n) is 11.8. The Morgan fingerprint density at radius 1 is 1.35 bits per heavy atom. The molecule has 1 atom stereocenters. The summed E-state index contributed by atoms with van der Waals surface area (Å²) in [7, 11) is -1.31. The van der Waals surface area contributed by atoms with Crippen LogP contribution in [0.25, 0.3) is 11.0 Å². The van der Waals surface area contributed by atoms with Gasteiger partial charge in [-0.15, -0.1) is 0 Å². The van der Waals surface area contributed by atoms with Crippen LogP contribution in [0.2, 0.25) is 0 Å². The molecule has 0 spiro atoms. The van der Waals surface area contributed by atoms with Crippen molar-refractivity contribution in [2.75, 3.05) is 12.8 Å². The van der Waals surface area contributed by atoms with Crippen molar-refractivity contribution in [2.45, 2.75) is 30.2 Å². The van der Waals surface area contributed by atoms with Gasteiger partial charge in [0.1, 0.15) is 11.3 Å². The first-order valence-corrected chi connectivity index (χ1v) is 8.76. The third-order valence-corrected chi connectivity index (χ3v) is 5.06. The van der Waals surface area contributed by atoms with Crippen molar-refractivity contribution >= 4 is 20.9 Å². The quantitative estimate of drug-likeness (QED) is 0.917. The van der Waals surface area contributed by atoms with E-state index in [0.29, 0.717) is 10.4 Å². The number of nitrogens with one attached hydrogen (secondary N) is 1. The van der Waals surface area contributed by atoms with E-state index in [-0.39, 0.29) is 6.04 Å². The largest absolute Gasteiger partial charge is 0.330 e. The number of piperidine rings is 1. The summed E-state index contributed by atoms with van der Waals surface area (Å²) in [5.41, 5.74) is 1.45. The minimum Gasteiger partial charge on any atom is -0.330 e. The molecule has 0 amide bonds. The maximum atomic E-state index is 11.9. The van der Waals surface area contributed by atoms with Crippen molar-refractivity contribution in [1.29, 1.82) is 0 Å². The number of rotatable bonds is 2. The van der Waals surface area contributed by atoms with Gasteiger partial charge in [0.05, 0.1) is 16.5 Å². The van der Waals surface area contributed by atoms with E-state index < -0.39 is 9.84 Å². The number of para-hydroxylation sites is 1. The predicted molar refractivity (Wildman–Crippen MR) is 78.4 cm³/mol. The van der Waals surface area contributed by atoms with Crippen LogP contribution in [0.4, 0.5) is 0 Å². The number of sulfone groups is 1. The van der Waals surface area contributed by atoms with Gasteiger partial charge in [-0.3, -0.25) is 0 Å². The highest BCUT2D eigenvalue weighted by molar-refractivity contribution is 7.91. The Kier molecular flexibility index (Phi) is 3.30. The topological polar surface area (TPSA) is 64.0 Å². The van der Waals surface area contributed by atoms with Gasteiger partial charge >= 0.3 is 0 Å². The Labute approximate surface area is 118 Å². The van der Waals surface area contributed by atoms with Gasteiger partial charge < -0.3 is 9.88 Å². The SMILES string of the molecule is Cn1c(C2CCCCN2)nc2c(S(C)(=O)=O)cccc21. The van der Waals surface area contributed by atoms with Crippen LogP contribution in [0.1, 0.15) is 31.1 Å². The molecule has 6 heteroatoms. The van der Waals surface area contributed by atoms with Crippen LogP contribution < -0.4 is 5.32 Å². The lowest BCUT2D eigenvalue weighted by Gasteiger charge is -2.22. The average Bonchev–Trinajstić information content (AvgIpc) is 2.76. The Bertz CT molecular complexity index is 743. The molecule has 1 aliphatic rings. The molecule has 2 heterocycles. The maximum absolute atomic E-state index is 11.9. The second-order valence-electron chi connectivity index (χ2n) is 5.43. The van der Waals surface area contributed by atoms with Crippen LogP contribution >= 0.6 is 0 Å². The van der Waals surface area contributed by atoms with Gasteiger partial charge in [-0.25, -0.2) is 13.4 Å². The van der Waals surface area contributed by atoms with E-state index in [9.17, 15) is 8.42 Å². The molecule has 0 radical (unpaired) electrons. The van der Waals surface area contributed by atoms with E-state index in [1.807, 2.05) is 17.7 Å². The Hall–Kier alpha value is -1.40. The van der Waals surface area contributed by atoms with E-state index in [1.165, 1.54) is 19.1 Å². The van der Waals surface area contributed by atoms with Crippen LogP contribution in [0.15, 0.2) is 23.1 Å². The predicted octanol–water partition coefficient (Wildman–Crippen LogP) is 1.79. The van der Waals surface area contributed by atoms with Gasteiger partial charge in [0.2, 0.25) is 0 Å². The molecule has 20 heavy (non-hydrogen) atoms. The van der Waals surface area contributed by atoms with Crippen molar-refractivity contribution in [3.8, 4) is 0 Å². The zero-order chi connectivity index (χ0) is 14.3. The lowest BCUT2D eigenvalue weighted by atomic mass is 10.0. The monoisotopic (exact) mass is 293 g/mol. The number of aromatic nitrogens is 2. The minimum absolute atomic E-state index is 0.216. The smallest absolute Gasteiger partial charge is 0.177 e. The first kappa shape index (κ1) is 13.6. The molecule has 108 valence electrons. The van der Waals surface area contributed by atoms with Gasteiger partial charge in [0.15, 0.2) is 9.84 Å². The lowest BCUT2D eigenvalue weighted by Crippen LogP contribution is -2.28.